The standard InChI is InChI=1S/C53H58N8O7.C2HF3O2/c1-35-27-38-29-43-32-60(55-48(35)43)33-67-51(64)40-11-7-36(8-12-40)28-37-9-13-41(14-10-37)52(65)68-34-61-47-6-4-3-5-42(47)31-45(49(61)62)39-15-21-59(22-16-39)53(66)54-46(30-38)50(63)58-25-23-57(24-26-58)44-17-19-56(2)20-18-44;3-2(4,5)1(6)7/h3-14,27,29,31-32,39,44,46H,15-26,28,30,33-34H2,1-2H3,(H,54,66);(H,6,7)/t46-;/m1./s1. The number of piperidine rings is 2. The second-order valence-corrected chi connectivity index (χ2v) is 19.8. The summed E-state index contributed by atoms with van der Waals surface area (Å²) in [6, 6.07) is 27.2. The number of aromatic nitrogens is 3. The molecule has 1 atom stereocenters. The Morgan fingerprint density at radius 3 is 1.93 bits per heavy atom. The minimum absolute atomic E-state index is 0.0906. The highest BCUT2D eigenvalue weighted by Crippen LogP contribution is 2.29. The van der Waals surface area contributed by atoms with Gasteiger partial charge < -0.3 is 34.6 Å². The van der Waals surface area contributed by atoms with Gasteiger partial charge in [-0.1, -0.05) is 48.5 Å². The molecule has 0 unspecified atom stereocenters. The van der Waals surface area contributed by atoms with E-state index in [2.05, 4.69) is 22.2 Å². The second-order valence-electron chi connectivity index (χ2n) is 19.8. The van der Waals surface area contributed by atoms with Gasteiger partial charge >= 0.3 is 30.1 Å². The van der Waals surface area contributed by atoms with Crippen LogP contribution in [0.25, 0.3) is 21.8 Å². The molecule has 0 saturated carbocycles. The maximum absolute atomic E-state index is 14.6. The van der Waals surface area contributed by atoms with Crippen LogP contribution in [-0.2, 0) is 45.4 Å². The Balaban J connectivity index is 0.000000920. The minimum atomic E-state index is -5.08. The molecular formula is C55H59F3N8O9. The Labute approximate surface area is 430 Å². The third-order valence-corrected chi connectivity index (χ3v) is 14.7. The molecule has 17 nitrogen and oxygen atoms in total. The van der Waals surface area contributed by atoms with Crippen LogP contribution in [0.1, 0.15) is 80.1 Å². The van der Waals surface area contributed by atoms with E-state index in [1.807, 2.05) is 84.8 Å². The van der Waals surface area contributed by atoms with Gasteiger partial charge in [-0.15, -0.1) is 0 Å². The number of carboxylic acid groups (broad SMARTS) is 1. The molecule has 11 bridgehead atoms. The van der Waals surface area contributed by atoms with Gasteiger partial charge in [-0.2, -0.15) is 18.3 Å². The predicted octanol–water partition coefficient (Wildman–Crippen LogP) is 6.56. The fourth-order valence-electron chi connectivity index (χ4n) is 10.5. The van der Waals surface area contributed by atoms with Crippen molar-refractivity contribution in [3.05, 3.63) is 146 Å². The topological polar surface area (TPSA) is 189 Å². The van der Waals surface area contributed by atoms with E-state index in [4.69, 9.17) is 24.5 Å². The van der Waals surface area contributed by atoms with Crippen molar-refractivity contribution >= 4 is 51.7 Å². The van der Waals surface area contributed by atoms with E-state index in [-0.39, 0.29) is 43.3 Å². The van der Waals surface area contributed by atoms with Crippen LogP contribution in [0.4, 0.5) is 18.0 Å². The predicted molar refractivity (Wildman–Crippen MR) is 271 cm³/mol. The van der Waals surface area contributed by atoms with E-state index in [0.29, 0.717) is 73.7 Å². The molecular weight excluding hydrogens is 974 g/mol. The zero-order valence-corrected chi connectivity index (χ0v) is 41.8. The number of para-hydroxylation sites is 1. The number of aliphatic carboxylic acids is 1. The van der Waals surface area contributed by atoms with Crippen LogP contribution in [0.5, 0.6) is 0 Å². The molecule has 10 heterocycles. The van der Waals surface area contributed by atoms with Crippen molar-refractivity contribution < 1.29 is 51.7 Å². The maximum atomic E-state index is 14.6. The monoisotopic (exact) mass is 1030 g/mol. The van der Waals surface area contributed by atoms with Gasteiger partial charge in [-0.3, -0.25) is 19.1 Å². The van der Waals surface area contributed by atoms with Crippen molar-refractivity contribution in [3.8, 4) is 0 Å². The number of hydrogen-bond donors (Lipinski definition) is 2. The number of carbonyl (C=O) groups excluding carboxylic acids is 4. The van der Waals surface area contributed by atoms with Gasteiger partial charge in [0.15, 0.2) is 13.5 Å². The lowest BCUT2D eigenvalue weighted by Gasteiger charge is -2.43. The Morgan fingerprint density at radius 2 is 1.32 bits per heavy atom. The molecule has 394 valence electrons. The van der Waals surface area contributed by atoms with Gasteiger partial charge in [-0.05, 0) is 135 Å². The highest BCUT2D eigenvalue weighted by Gasteiger charge is 2.38. The Kier molecular flexibility index (Phi) is 15.7. The van der Waals surface area contributed by atoms with Gasteiger partial charge in [0.1, 0.15) is 6.04 Å². The van der Waals surface area contributed by atoms with Crippen LogP contribution in [0.2, 0.25) is 0 Å². The number of aryl methyl sites for hydroxylation is 1. The fourth-order valence-corrected chi connectivity index (χ4v) is 10.5. The van der Waals surface area contributed by atoms with Gasteiger partial charge in [0, 0.05) is 68.9 Å². The van der Waals surface area contributed by atoms with Gasteiger partial charge in [0.25, 0.3) is 5.56 Å². The van der Waals surface area contributed by atoms with E-state index >= 15 is 0 Å². The summed E-state index contributed by atoms with van der Waals surface area (Å²) in [6.07, 6.45) is 0.934. The van der Waals surface area contributed by atoms with Gasteiger partial charge in [0.2, 0.25) is 5.91 Å². The zero-order chi connectivity index (χ0) is 53.0. The number of alkyl halides is 3. The number of esters is 2. The van der Waals surface area contributed by atoms with Crippen LogP contribution < -0.4 is 10.9 Å². The Bertz CT molecular complexity index is 3140. The smallest absolute Gasteiger partial charge is 0.475 e. The molecule has 6 aromatic rings. The van der Waals surface area contributed by atoms with Crippen LogP contribution in [0, 0.1) is 6.92 Å². The summed E-state index contributed by atoms with van der Waals surface area (Å²) in [4.78, 5) is 87.2. The first-order chi connectivity index (χ1) is 36.0. The van der Waals surface area contributed by atoms with Crippen LogP contribution >= 0.6 is 0 Å². The zero-order valence-electron chi connectivity index (χ0n) is 41.8. The van der Waals surface area contributed by atoms with Crippen molar-refractivity contribution in [3.63, 3.8) is 0 Å². The molecule has 0 aliphatic carbocycles. The molecule has 2 N–H and O–H groups in total. The Morgan fingerprint density at radius 1 is 0.720 bits per heavy atom. The maximum Gasteiger partial charge on any atom is 0.490 e. The number of amides is 3. The number of rotatable bonds is 2. The number of hydrogen-bond acceptors (Lipinski definition) is 11. The molecule has 75 heavy (non-hydrogen) atoms. The number of halogens is 3. The number of carboxylic acids is 1. The summed E-state index contributed by atoms with van der Waals surface area (Å²) in [5.41, 5.74) is 6.27. The molecule has 14 rings (SSSR count). The number of nitrogens with one attached hydrogen (secondary N) is 1. The molecule has 8 aliphatic heterocycles. The average Bonchev–Trinajstić information content (AvgIpc) is 3.83. The van der Waals surface area contributed by atoms with E-state index in [1.54, 1.807) is 33.8 Å². The SMILES string of the molecule is Cc1cc2cc3cn(nc13)COC(=O)c1ccc(cc1)Cc1ccc(cc1)C(=O)OCn1c(=O)c(cc3ccccc31)C1CCN(CC1)C(=O)N[C@@H](C(=O)N1CCN(C3CCN(C)CC3)CC1)C2.O=C(O)C(F)(F)F. The molecule has 3 saturated heterocycles. The third kappa shape index (κ3) is 12.3. The summed E-state index contributed by atoms with van der Waals surface area (Å²) in [5.74, 6) is -4.04. The highest BCUT2D eigenvalue weighted by molar-refractivity contribution is 5.91. The lowest BCUT2D eigenvalue weighted by molar-refractivity contribution is -0.192. The number of likely N-dealkylation sites (tertiary alicyclic amines) is 1. The highest BCUT2D eigenvalue weighted by atomic mass is 19.4. The molecule has 8 aliphatic rings. The quantitative estimate of drug-likeness (QED) is 0.178. The largest absolute Gasteiger partial charge is 0.490 e. The van der Waals surface area contributed by atoms with Crippen molar-refractivity contribution in [2.75, 3.05) is 59.4 Å². The first-order valence-electron chi connectivity index (χ1n) is 25.2. The first-order valence-corrected chi connectivity index (χ1v) is 25.2. The van der Waals surface area contributed by atoms with E-state index in [0.717, 1.165) is 77.6 Å². The number of fused-ring (bicyclic) bond motifs is 2. The van der Waals surface area contributed by atoms with Crippen molar-refractivity contribution in [1.29, 1.82) is 0 Å². The molecule has 0 spiro atoms. The Hall–Kier alpha value is -7.58. The third-order valence-electron chi connectivity index (χ3n) is 14.7. The van der Waals surface area contributed by atoms with Crippen molar-refractivity contribution in [1.82, 2.24) is 39.3 Å². The molecule has 3 amide bonds. The number of benzene rings is 4. The van der Waals surface area contributed by atoms with Crippen molar-refractivity contribution in [2.45, 2.75) is 83.1 Å². The van der Waals surface area contributed by atoms with Crippen molar-refractivity contribution in [2.24, 2.45) is 0 Å². The number of carbonyl (C=O) groups is 5. The molecule has 2 aromatic heterocycles. The van der Waals surface area contributed by atoms with Gasteiger partial charge in [0.05, 0.1) is 22.2 Å². The number of urea groups is 1. The molecule has 3 fully saturated rings. The van der Waals surface area contributed by atoms with Crippen LogP contribution in [-0.4, -0.2) is 147 Å². The number of pyridine rings is 1. The lowest BCUT2D eigenvalue weighted by atomic mass is 9.89. The number of nitrogens with zero attached hydrogens (tertiary/aromatic N) is 7. The number of piperazine rings is 1. The summed E-state index contributed by atoms with van der Waals surface area (Å²) >= 11 is 0. The molecule has 20 heteroatoms. The first kappa shape index (κ1) is 52.3. The summed E-state index contributed by atoms with van der Waals surface area (Å²) in [6.45, 7) is 7.31. The molecule has 4 aromatic carbocycles. The normalized spacial score (nSPS) is 19.9. The lowest BCUT2D eigenvalue weighted by Crippen LogP contribution is -2.59. The van der Waals surface area contributed by atoms with E-state index in [1.165, 1.54) is 4.57 Å². The van der Waals surface area contributed by atoms with Crippen LogP contribution in [0.15, 0.2) is 102 Å². The summed E-state index contributed by atoms with van der Waals surface area (Å²) in [7, 11) is 2.16. The van der Waals surface area contributed by atoms with E-state index < -0.39 is 30.1 Å². The minimum Gasteiger partial charge on any atom is -0.475 e. The molecule has 0 radical (unpaired) electrons. The second kappa shape index (κ2) is 22.5. The fraction of sp³-hybridized carbons (Fsp3) is 0.400. The number of ether oxygens (including phenoxy) is 2. The summed E-state index contributed by atoms with van der Waals surface area (Å²) < 4.78 is 46.3. The summed E-state index contributed by atoms with van der Waals surface area (Å²) in [5, 5.41) is 16.7. The average molecular weight is 1030 g/mol. The van der Waals surface area contributed by atoms with Crippen LogP contribution in [0.3, 0.4) is 0 Å². The van der Waals surface area contributed by atoms with Gasteiger partial charge in [-0.25, -0.2) is 23.9 Å². The van der Waals surface area contributed by atoms with E-state index in [9.17, 15) is 37.1 Å².